The molecule has 0 spiro atoms. The summed E-state index contributed by atoms with van der Waals surface area (Å²) >= 11 is 0. The second kappa shape index (κ2) is 4.45. The summed E-state index contributed by atoms with van der Waals surface area (Å²) in [5.41, 5.74) is 6.83. The van der Waals surface area contributed by atoms with Gasteiger partial charge in [-0.05, 0) is 18.1 Å². The molecule has 0 saturated heterocycles. The lowest BCUT2D eigenvalue weighted by molar-refractivity contribution is -0.142. The molecule has 1 aliphatic heterocycles. The first-order valence-electron chi connectivity index (χ1n) is 5.17. The molecule has 1 aromatic rings. The summed E-state index contributed by atoms with van der Waals surface area (Å²) in [6.45, 7) is 0.629. The fourth-order valence-electron chi connectivity index (χ4n) is 1.85. The van der Waals surface area contributed by atoms with E-state index in [9.17, 15) is 4.79 Å². The molecule has 0 saturated carbocycles. The summed E-state index contributed by atoms with van der Waals surface area (Å²) in [5.74, 6) is -0.378. The molecular formula is C12H14N2O2. The van der Waals surface area contributed by atoms with E-state index >= 15 is 0 Å². The zero-order valence-electron chi connectivity index (χ0n) is 9.14. The SMILES string of the molecule is COC(=O)[C@@H](N)CC1=c2ccccc2=NC1. The van der Waals surface area contributed by atoms with Crippen LogP contribution < -0.4 is 16.3 Å². The van der Waals surface area contributed by atoms with Crippen molar-refractivity contribution >= 4 is 11.5 Å². The fourth-order valence-corrected chi connectivity index (χ4v) is 1.85. The Balaban J connectivity index is 2.26. The molecule has 0 radical (unpaired) electrons. The van der Waals surface area contributed by atoms with Gasteiger partial charge in [0.25, 0.3) is 0 Å². The zero-order chi connectivity index (χ0) is 11.5. The minimum atomic E-state index is -0.596. The highest BCUT2D eigenvalue weighted by atomic mass is 16.5. The molecule has 2 N–H and O–H groups in total. The van der Waals surface area contributed by atoms with Crippen molar-refractivity contribution in [2.24, 2.45) is 10.7 Å². The first kappa shape index (κ1) is 10.8. The van der Waals surface area contributed by atoms with Crippen LogP contribution in [-0.2, 0) is 9.53 Å². The normalized spacial score (nSPS) is 15.2. The third-order valence-corrected chi connectivity index (χ3v) is 2.70. The van der Waals surface area contributed by atoms with Crippen LogP contribution in [0.5, 0.6) is 0 Å². The van der Waals surface area contributed by atoms with Gasteiger partial charge in [-0.2, -0.15) is 0 Å². The quantitative estimate of drug-likeness (QED) is 0.686. The number of esters is 1. The van der Waals surface area contributed by atoms with Crippen molar-refractivity contribution in [2.45, 2.75) is 12.5 Å². The maximum absolute atomic E-state index is 11.2. The number of benzene rings is 1. The van der Waals surface area contributed by atoms with Crippen molar-refractivity contribution in [3.8, 4) is 0 Å². The fraction of sp³-hybridized carbons (Fsp3) is 0.333. The van der Waals surface area contributed by atoms with E-state index in [1.807, 2.05) is 24.3 Å². The molecule has 1 atom stereocenters. The smallest absolute Gasteiger partial charge is 0.322 e. The van der Waals surface area contributed by atoms with Crippen LogP contribution in [0.2, 0.25) is 0 Å². The Morgan fingerprint density at radius 2 is 2.31 bits per heavy atom. The third kappa shape index (κ3) is 1.97. The molecule has 0 aromatic heterocycles. The second-order valence-corrected chi connectivity index (χ2v) is 3.77. The number of carbonyl (C=O) groups is 1. The lowest BCUT2D eigenvalue weighted by Crippen LogP contribution is -2.33. The van der Waals surface area contributed by atoms with Crippen molar-refractivity contribution in [1.82, 2.24) is 0 Å². The molecule has 0 amide bonds. The molecule has 4 nitrogen and oxygen atoms in total. The Kier molecular flexibility index (Phi) is 3.01. The first-order chi connectivity index (χ1) is 7.72. The standard InChI is InChI=1S/C12H14N2O2/c1-16-12(15)10(13)6-8-7-14-11-5-3-2-4-9(8)11/h2-5,10H,6-7,13H2,1H3/t10-/m0/s1. The van der Waals surface area contributed by atoms with Crippen LogP contribution in [0.4, 0.5) is 0 Å². The lowest BCUT2D eigenvalue weighted by atomic mass is 10.1. The van der Waals surface area contributed by atoms with Crippen LogP contribution in [0.25, 0.3) is 5.57 Å². The number of nitrogens with two attached hydrogens (primary N) is 1. The Morgan fingerprint density at radius 1 is 1.56 bits per heavy atom. The molecule has 16 heavy (non-hydrogen) atoms. The maximum atomic E-state index is 11.2. The number of methoxy groups -OCH3 is 1. The average Bonchev–Trinajstić information content (AvgIpc) is 2.72. The highest BCUT2D eigenvalue weighted by Gasteiger charge is 2.17. The molecular weight excluding hydrogens is 204 g/mol. The van der Waals surface area contributed by atoms with Crippen molar-refractivity contribution in [2.75, 3.05) is 13.7 Å². The Morgan fingerprint density at radius 3 is 3.06 bits per heavy atom. The van der Waals surface area contributed by atoms with Gasteiger partial charge in [-0.3, -0.25) is 9.79 Å². The predicted octanol–water partition coefficient (Wildman–Crippen LogP) is -0.639. The van der Waals surface area contributed by atoms with Crippen LogP contribution in [0.15, 0.2) is 29.3 Å². The second-order valence-electron chi connectivity index (χ2n) is 3.77. The monoisotopic (exact) mass is 218 g/mol. The van der Waals surface area contributed by atoms with Crippen molar-refractivity contribution in [3.63, 3.8) is 0 Å². The van der Waals surface area contributed by atoms with Gasteiger partial charge in [-0.25, -0.2) is 0 Å². The summed E-state index contributed by atoms with van der Waals surface area (Å²) in [6, 6.07) is 7.28. The van der Waals surface area contributed by atoms with Crippen LogP contribution in [0.3, 0.4) is 0 Å². The third-order valence-electron chi connectivity index (χ3n) is 2.70. The van der Waals surface area contributed by atoms with Gasteiger partial charge in [0, 0.05) is 5.22 Å². The van der Waals surface area contributed by atoms with E-state index in [-0.39, 0.29) is 5.97 Å². The van der Waals surface area contributed by atoms with E-state index in [2.05, 4.69) is 9.73 Å². The minimum Gasteiger partial charge on any atom is -0.468 e. The van der Waals surface area contributed by atoms with E-state index in [4.69, 9.17) is 5.73 Å². The van der Waals surface area contributed by atoms with Crippen molar-refractivity contribution in [1.29, 1.82) is 0 Å². The number of hydrogen-bond acceptors (Lipinski definition) is 4. The number of fused-ring (bicyclic) bond motifs is 1. The number of hydrogen-bond donors (Lipinski definition) is 1. The molecule has 1 aromatic carbocycles. The molecule has 1 aliphatic rings. The highest BCUT2D eigenvalue weighted by Crippen LogP contribution is 2.07. The summed E-state index contributed by atoms with van der Waals surface area (Å²) < 4.78 is 4.60. The van der Waals surface area contributed by atoms with E-state index in [0.29, 0.717) is 13.0 Å². The van der Waals surface area contributed by atoms with Crippen molar-refractivity contribution < 1.29 is 9.53 Å². The molecule has 84 valence electrons. The van der Waals surface area contributed by atoms with Crippen LogP contribution >= 0.6 is 0 Å². The predicted molar refractivity (Wildman–Crippen MR) is 60.1 cm³/mol. The van der Waals surface area contributed by atoms with E-state index in [0.717, 1.165) is 16.1 Å². The molecule has 0 bridgehead atoms. The number of rotatable bonds is 3. The van der Waals surface area contributed by atoms with Crippen LogP contribution in [0, 0.1) is 0 Å². The average molecular weight is 218 g/mol. The van der Waals surface area contributed by atoms with Crippen LogP contribution in [0.1, 0.15) is 6.42 Å². The number of para-hydroxylation sites is 1. The summed E-state index contributed by atoms with van der Waals surface area (Å²) in [6.07, 6.45) is 0.507. The molecule has 2 rings (SSSR count). The van der Waals surface area contributed by atoms with Crippen LogP contribution in [-0.4, -0.2) is 25.7 Å². The van der Waals surface area contributed by atoms with Gasteiger partial charge in [0.15, 0.2) is 0 Å². The molecule has 0 unspecified atom stereocenters. The van der Waals surface area contributed by atoms with E-state index in [1.165, 1.54) is 7.11 Å². The summed E-state index contributed by atoms with van der Waals surface area (Å²) in [7, 11) is 1.35. The Bertz CT molecular complexity index is 522. The Labute approximate surface area is 93.4 Å². The van der Waals surface area contributed by atoms with Gasteiger partial charge in [0.05, 0.1) is 19.0 Å². The summed E-state index contributed by atoms with van der Waals surface area (Å²) in [5, 5.41) is 2.08. The van der Waals surface area contributed by atoms with Gasteiger partial charge in [-0.1, -0.05) is 18.2 Å². The maximum Gasteiger partial charge on any atom is 0.322 e. The lowest BCUT2D eigenvalue weighted by Gasteiger charge is -2.09. The van der Waals surface area contributed by atoms with E-state index in [1.54, 1.807) is 0 Å². The van der Waals surface area contributed by atoms with Gasteiger partial charge in [0.2, 0.25) is 0 Å². The molecule has 0 aliphatic carbocycles. The van der Waals surface area contributed by atoms with E-state index < -0.39 is 6.04 Å². The molecule has 0 fully saturated rings. The topological polar surface area (TPSA) is 64.7 Å². The number of nitrogens with zero attached hydrogens (tertiary/aromatic N) is 1. The summed E-state index contributed by atoms with van der Waals surface area (Å²) in [4.78, 5) is 15.6. The largest absolute Gasteiger partial charge is 0.468 e. The first-order valence-corrected chi connectivity index (χ1v) is 5.17. The Hall–Kier alpha value is -1.68. The minimum absolute atomic E-state index is 0.378. The highest BCUT2D eigenvalue weighted by molar-refractivity contribution is 5.77. The van der Waals surface area contributed by atoms with Gasteiger partial charge in [0.1, 0.15) is 6.04 Å². The number of carbonyl (C=O) groups excluding carboxylic acids is 1. The van der Waals surface area contributed by atoms with Gasteiger partial charge < -0.3 is 10.5 Å². The number of ether oxygens (including phenoxy) is 1. The molecule has 1 heterocycles. The molecule has 4 heteroatoms. The van der Waals surface area contributed by atoms with Gasteiger partial charge >= 0.3 is 5.97 Å². The zero-order valence-corrected chi connectivity index (χ0v) is 9.14. The van der Waals surface area contributed by atoms with Gasteiger partial charge in [-0.15, -0.1) is 0 Å². The van der Waals surface area contributed by atoms with Crippen molar-refractivity contribution in [3.05, 3.63) is 34.8 Å².